The fourth-order valence-electron chi connectivity index (χ4n) is 4.95. The molecule has 0 fully saturated rings. The van der Waals surface area contributed by atoms with E-state index in [1.165, 1.54) is 0 Å². The minimum absolute atomic E-state index is 0.162. The van der Waals surface area contributed by atoms with Crippen LogP contribution >= 0.6 is 0 Å². The number of carbonyl (C=O) groups excluding carboxylic acids is 3. The van der Waals surface area contributed by atoms with Crippen LogP contribution in [0.2, 0.25) is 0 Å². The summed E-state index contributed by atoms with van der Waals surface area (Å²) in [6.45, 7) is 12.5. The topological polar surface area (TPSA) is 113 Å². The highest BCUT2D eigenvalue weighted by Gasteiger charge is 2.16. The van der Waals surface area contributed by atoms with Gasteiger partial charge in [-0.3, -0.25) is 19.6 Å². The third kappa shape index (κ3) is 11.3. The molecule has 5 rings (SSSR count). The number of aliphatic imine (C=N–C) groups is 2. The lowest BCUT2D eigenvalue weighted by molar-refractivity contribution is -0.155. The Balaban J connectivity index is 0.00000297. The molecule has 0 aromatic heterocycles. The van der Waals surface area contributed by atoms with Gasteiger partial charge in [-0.15, -0.1) is 0 Å². The predicted molar refractivity (Wildman–Crippen MR) is 205 cm³/mol. The van der Waals surface area contributed by atoms with E-state index < -0.39 is 17.9 Å². The van der Waals surface area contributed by atoms with Crippen LogP contribution < -0.4 is 14.2 Å². The zero-order chi connectivity index (χ0) is 37.3. The number of ether oxygens (including phenoxy) is 4. The Kier molecular flexibility index (Phi) is 14.6. The maximum absolute atomic E-state index is 12.6. The van der Waals surface area contributed by atoms with Gasteiger partial charge in [0.25, 0.3) is 0 Å². The number of hydrogen-bond donors (Lipinski definition) is 0. The Morgan fingerprint density at radius 1 is 0.596 bits per heavy atom. The van der Waals surface area contributed by atoms with Gasteiger partial charge in [-0.2, -0.15) is 0 Å². The SMILES string of the molecule is C=Nc1ccc(-c2ccc(OC(=O)CCCC(C)C(=O)OCOc3ccc(C(=O)Oc4ccc(-c5ccc(N=C)cc5)cc4)cc3)cc2)cc1.CC. The fraction of sp³-hybridized carbons (Fsp3) is 0.186. The van der Waals surface area contributed by atoms with Crippen molar-refractivity contribution in [1.82, 2.24) is 0 Å². The molecule has 0 aliphatic rings. The summed E-state index contributed by atoms with van der Waals surface area (Å²) in [6.07, 6.45) is 1.07. The molecule has 0 aliphatic carbocycles. The quantitative estimate of drug-likeness (QED) is 0.0463. The Hall–Kier alpha value is -6.35. The van der Waals surface area contributed by atoms with Gasteiger partial charge in [-0.25, -0.2) is 4.79 Å². The lowest BCUT2D eigenvalue weighted by atomic mass is 10.0. The molecule has 0 bridgehead atoms. The van der Waals surface area contributed by atoms with Gasteiger partial charge in [0.1, 0.15) is 17.2 Å². The Morgan fingerprint density at radius 2 is 1.02 bits per heavy atom. The van der Waals surface area contributed by atoms with Crippen LogP contribution in [0.25, 0.3) is 22.3 Å². The molecule has 5 aromatic rings. The summed E-state index contributed by atoms with van der Waals surface area (Å²) in [7, 11) is 0. The van der Waals surface area contributed by atoms with Crippen molar-refractivity contribution in [2.45, 2.75) is 40.0 Å². The van der Waals surface area contributed by atoms with Crippen molar-refractivity contribution in [3.05, 3.63) is 127 Å². The summed E-state index contributed by atoms with van der Waals surface area (Å²) in [4.78, 5) is 45.2. The van der Waals surface area contributed by atoms with Gasteiger partial charge in [0.05, 0.1) is 22.9 Å². The number of esters is 3. The van der Waals surface area contributed by atoms with Crippen molar-refractivity contribution in [3.8, 4) is 39.5 Å². The average Bonchev–Trinajstić information content (AvgIpc) is 3.19. The van der Waals surface area contributed by atoms with Crippen LogP contribution in [-0.2, 0) is 14.3 Å². The molecule has 0 N–H and O–H groups in total. The standard InChI is InChI=1S/C41H36N2O7.C2H6/c1-28(5-4-6-39(44)49-37-23-11-31(12-24-37)29-7-17-34(42-2)18-8-29)40(45)48-27-47-36-21-15-33(16-22-36)41(46)50-38-25-13-32(14-26-38)30-9-19-35(43-3)20-10-30;1-2/h7-26,28H,2-6,27H2,1H3;1-2H3. The van der Waals surface area contributed by atoms with Crippen LogP contribution in [0, 0.1) is 5.92 Å². The monoisotopic (exact) mass is 698 g/mol. The normalized spacial score (nSPS) is 10.8. The summed E-state index contributed by atoms with van der Waals surface area (Å²) < 4.78 is 21.7. The Bertz CT molecular complexity index is 1920. The van der Waals surface area contributed by atoms with E-state index in [0.717, 1.165) is 33.6 Å². The number of hydrogen-bond acceptors (Lipinski definition) is 9. The van der Waals surface area contributed by atoms with Gasteiger partial charge in [0.2, 0.25) is 6.79 Å². The molecule has 9 heteroatoms. The third-order valence-corrected chi connectivity index (χ3v) is 7.85. The van der Waals surface area contributed by atoms with Crippen molar-refractivity contribution >= 4 is 42.7 Å². The smallest absolute Gasteiger partial charge is 0.343 e. The highest BCUT2D eigenvalue weighted by atomic mass is 16.7. The van der Waals surface area contributed by atoms with Gasteiger partial charge in [0.15, 0.2) is 0 Å². The van der Waals surface area contributed by atoms with Crippen LogP contribution in [-0.4, -0.2) is 38.1 Å². The molecule has 266 valence electrons. The van der Waals surface area contributed by atoms with Gasteiger partial charge in [-0.05, 0) is 121 Å². The van der Waals surface area contributed by atoms with Crippen LogP contribution in [0.4, 0.5) is 11.4 Å². The molecular formula is C43H42N2O7. The first-order chi connectivity index (χ1) is 25.3. The molecule has 0 radical (unpaired) electrons. The molecule has 1 unspecified atom stereocenters. The minimum Gasteiger partial charge on any atom is -0.457 e. The van der Waals surface area contributed by atoms with E-state index in [9.17, 15) is 14.4 Å². The van der Waals surface area contributed by atoms with E-state index in [2.05, 4.69) is 23.4 Å². The molecule has 0 spiro atoms. The number of carbonyl (C=O) groups is 3. The summed E-state index contributed by atoms with van der Waals surface area (Å²) in [5, 5.41) is 0. The second-order valence-corrected chi connectivity index (χ2v) is 11.4. The highest BCUT2D eigenvalue weighted by Crippen LogP contribution is 2.27. The summed E-state index contributed by atoms with van der Waals surface area (Å²) >= 11 is 0. The summed E-state index contributed by atoms with van der Waals surface area (Å²) in [5.74, 6) is -0.487. The lowest BCUT2D eigenvalue weighted by Gasteiger charge is -2.12. The first-order valence-corrected chi connectivity index (χ1v) is 17.0. The molecule has 5 aromatic carbocycles. The predicted octanol–water partition coefficient (Wildman–Crippen LogP) is 10.2. The summed E-state index contributed by atoms with van der Waals surface area (Å²) in [6, 6.07) is 36.1. The maximum Gasteiger partial charge on any atom is 0.343 e. The molecule has 52 heavy (non-hydrogen) atoms. The average molecular weight is 699 g/mol. The first-order valence-electron chi connectivity index (χ1n) is 17.0. The zero-order valence-electron chi connectivity index (χ0n) is 29.6. The van der Waals surface area contributed by atoms with E-state index in [4.69, 9.17) is 18.9 Å². The molecule has 1 atom stereocenters. The first kappa shape index (κ1) is 38.5. The second kappa shape index (κ2) is 19.7. The zero-order valence-corrected chi connectivity index (χ0v) is 29.6. The number of nitrogens with zero attached hydrogens (tertiary/aromatic N) is 2. The van der Waals surface area contributed by atoms with Gasteiger partial charge in [0, 0.05) is 6.42 Å². The van der Waals surface area contributed by atoms with Crippen LogP contribution in [0.15, 0.2) is 131 Å². The molecule has 0 saturated carbocycles. The fourth-order valence-corrected chi connectivity index (χ4v) is 4.95. The maximum atomic E-state index is 12.6. The molecular weight excluding hydrogens is 656 g/mol. The van der Waals surface area contributed by atoms with E-state index in [1.54, 1.807) is 55.5 Å². The van der Waals surface area contributed by atoms with Crippen molar-refractivity contribution in [2.75, 3.05) is 6.79 Å². The largest absolute Gasteiger partial charge is 0.457 e. The van der Waals surface area contributed by atoms with Crippen LogP contribution in [0.3, 0.4) is 0 Å². The minimum atomic E-state index is -0.517. The second-order valence-electron chi connectivity index (χ2n) is 11.4. The Labute approximate surface area is 304 Å². The van der Waals surface area contributed by atoms with E-state index >= 15 is 0 Å². The van der Waals surface area contributed by atoms with Crippen molar-refractivity contribution < 1.29 is 33.3 Å². The summed E-state index contributed by atoms with van der Waals surface area (Å²) in [5.41, 5.74) is 5.90. The van der Waals surface area contributed by atoms with E-state index in [-0.39, 0.29) is 19.2 Å². The van der Waals surface area contributed by atoms with E-state index in [0.29, 0.717) is 35.7 Å². The lowest BCUT2D eigenvalue weighted by Crippen LogP contribution is -2.18. The number of rotatable bonds is 15. The molecule has 0 aliphatic heterocycles. The van der Waals surface area contributed by atoms with Crippen LogP contribution in [0.5, 0.6) is 17.2 Å². The third-order valence-electron chi connectivity index (χ3n) is 7.85. The van der Waals surface area contributed by atoms with Gasteiger partial charge in [-0.1, -0.05) is 69.3 Å². The molecule has 0 saturated heterocycles. The van der Waals surface area contributed by atoms with E-state index in [1.807, 2.05) is 86.6 Å². The number of benzene rings is 5. The van der Waals surface area contributed by atoms with Gasteiger partial charge >= 0.3 is 17.9 Å². The molecule has 0 heterocycles. The van der Waals surface area contributed by atoms with Crippen molar-refractivity contribution in [3.63, 3.8) is 0 Å². The van der Waals surface area contributed by atoms with Gasteiger partial charge < -0.3 is 18.9 Å². The van der Waals surface area contributed by atoms with Crippen molar-refractivity contribution in [1.29, 1.82) is 0 Å². The Morgan fingerprint density at radius 3 is 1.48 bits per heavy atom. The molecule has 0 amide bonds. The molecule has 9 nitrogen and oxygen atoms in total. The van der Waals surface area contributed by atoms with Crippen molar-refractivity contribution in [2.24, 2.45) is 15.9 Å². The van der Waals surface area contributed by atoms with Crippen LogP contribution in [0.1, 0.15) is 50.4 Å². The highest BCUT2D eigenvalue weighted by molar-refractivity contribution is 5.91.